The van der Waals surface area contributed by atoms with E-state index < -0.39 is 0 Å². The van der Waals surface area contributed by atoms with Gasteiger partial charge < -0.3 is 4.42 Å². The van der Waals surface area contributed by atoms with Crippen molar-refractivity contribution in [3.8, 4) is 22.6 Å². The first-order valence-electron chi connectivity index (χ1n) is 11.0. The van der Waals surface area contributed by atoms with E-state index in [1.165, 1.54) is 5.39 Å². The topological polar surface area (TPSA) is 38.9 Å². The third-order valence-corrected chi connectivity index (χ3v) is 6.27. The Balaban J connectivity index is 1.44. The maximum Gasteiger partial charge on any atom is 0.135 e. The molecule has 3 aromatic heterocycles. The lowest BCUT2D eigenvalue weighted by molar-refractivity contribution is 0.669. The molecule has 154 valence electrons. The predicted molar refractivity (Wildman–Crippen MR) is 135 cm³/mol. The largest absolute Gasteiger partial charge is 0.456 e. The lowest BCUT2D eigenvalue weighted by atomic mass is 10.0. The maximum absolute atomic E-state index is 6.00. The second-order valence-electron chi connectivity index (χ2n) is 8.24. The van der Waals surface area contributed by atoms with Gasteiger partial charge in [0.15, 0.2) is 0 Å². The predicted octanol–water partition coefficient (Wildman–Crippen LogP) is 8.02. The Hall–Kier alpha value is -4.50. The van der Waals surface area contributed by atoms with Crippen LogP contribution in [0.25, 0.3) is 66.3 Å². The summed E-state index contributed by atoms with van der Waals surface area (Å²) in [5, 5.41) is 5.68. The van der Waals surface area contributed by atoms with Gasteiger partial charge in [-0.15, -0.1) is 0 Å². The molecule has 0 atom stereocenters. The van der Waals surface area contributed by atoms with Crippen molar-refractivity contribution in [2.24, 2.45) is 0 Å². The van der Waals surface area contributed by atoms with Gasteiger partial charge in [-0.2, -0.15) is 0 Å². The van der Waals surface area contributed by atoms with Gasteiger partial charge in [-0.3, -0.25) is 0 Å². The van der Waals surface area contributed by atoms with Gasteiger partial charge in [0, 0.05) is 27.1 Å². The highest BCUT2D eigenvalue weighted by Gasteiger charge is 2.13. The molecule has 0 aliphatic heterocycles. The van der Waals surface area contributed by atoms with Gasteiger partial charge in [0.05, 0.1) is 22.6 Å². The molecule has 0 unspecified atom stereocenters. The highest BCUT2D eigenvalue weighted by atomic mass is 16.3. The second kappa shape index (κ2) is 7.01. The molecule has 33 heavy (non-hydrogen) atoms. The molecule has 0 N–H and O–H groups in total. The molecule has 7 rings (SSSR count). The smallest absolute Gasteiger partial charge is 0.135 e. The van der Waals surface area contributed by atoms with E-state index in [9.17, 15) is 0 Å². The van der Waals surface area contributed by atoms with Crippen LogP contribution < -0.4 is 0 Å². The molecule has 0 aliphatic rings. The first-order valence-corrected chi connectivity index (χ1v) is 11.0. The van der Waals surface area contributed by atoms with Gasteiger partial charge in [0.1, 0.15) is 11.2 Å². The van der Waals surface area contributed by atoms with Crippen molar-refractivity contribution in [3.05, 3.63) is 109 Å². The highest BCUT2D eigenvalue weighted by molar-refractivity contribution is 6.10. The Morgan fingerprint density at radius 2 is 1.15 bits per heavy atom. The molecule has 7 aromatic rings. The molecule has 0 fully saturated rings. The van der Waals surface area contributed by atoms with Crippen molar-refractivity contribution in [1.29, 1.82) is 0 Å². The summed E-state index contributed by atoms with van der Waals surface area (Å²) in [7, 11) is 0. The van der Waals surface area contributed by atoms with E-state index in [1.807, 2.05) is 36.4 Å². The van der Waals surface area contributed by atoms with Crippen LogP contribution in [0.3, 0.4) is 0 Å². The van der Waals surface area contributed by atoms with Crippen LogP contribution in [-0.2, 0) is 0 Å². The van der Waals surface area contributed by atoms with E-state index >= 15 is 0 Å². The molecule has 0 saturated heterocycles. The highest BCUT2D eigenvalue weighted by Crippen LogP contribution is 2.34. The normalized spacial score (nSPS) is 11.6. The lowest BCUT2D eigenvalue weighted by Crippen LogP contribution is -1.93. The van der Waals surface area contributed by atoms with Crippen LogP contribution in [0.2, 0.25) is 0 Å². The van der Waals surface area contributed by atoms with Crippen molar-refractivity contribution < 1.29 is 4.42 Å². The van der Waals surface area contributed by atoms with Gasteiger partial charge in [-0.05, 0) is 47.9 Å². The Morgan fingerprint density at radius 1 is 0.455 bits per heavy atom. The number of fused-ring (bicyclic) bond motifs is 6. The fourth-order valence-electron chi connectivity index (χ4n) is 4.71. The van der Waals surface area contributed by atoms with Crippen molar-refractivity contribution in [2.45, 2.75) is 0 Å². The molecule has 3 nitrogen and oxygen atoms in total. The van der Waals surface area contributed by atoms with Gasteiger partial charge in [-0.25, -0.2) is 9.97 Å². The molecule has 0 amide bonds. The fraction of sp³-hybridized carbons (Fsp3) is 0. The molecular formula is C30H18N2O. The number of benzene rings is 4. The van der Waals surface area contributed by atoms with Crippen molar-refractivity contribution in [2.75, 3.05) is 0 Å². The minimum absolute atomic E-state index is 0.867. The average molecular weight is 422 g/mol. The number of hydrogen-bond acceptors (Lipinski definition) is 3. The summed E-state index contributed by atoms with van der Waals surface area (Å²) in [6, 6.07) is 37.3. The maximum atomic E-state index is 6.00. The van der Waals surface area contributed by atoms with Crippen molar-refractivity contribution in [1.82, 2.24) is 9.97 Å². The minimum atomic E-state index is 0.867. The van der Waals surface area contributed by atoms with Crippen LogP contribution in [0.4, 0.5) is 0 Å². The first-order chi connectivity index (χ1) is 16.3. The van der Waals surface area contributed by atoms with Gasteiger partial charge in [-0.1, -0.05) is 66.7 Å². The molecule has 3 heterocycles. The van der Waals surface area contributed by atoms with E-state index in [0.29, 0.717) is 0 Å². The quantitative estimate of drug-likeness (QED) is 0.265. The van der Waals surface area contributed by atoms with Crippen LogP contribution >= 0.6 is 0 Å². The number of aromatic nitrogens is 2. The number of pyridine rings is 2. The first kappa shape index (κ1) is 18.1. The third-order valence-electron chi connectivity index (χ3n) is 6.27. The Kier molecular flexibility index (Phi) is 3.84. The van der Waals surface area contributed by atoms with Crippen LogP contribution in [0.5, 0.6) is 0 Å². The molecule has 0 saturated carbocycles. The minimum Gasteiger partial charge on any atom is -0.456 e. The van der Waals surface area contributed by atoms with E-state index in [-0.39, 0.29) is 0 Å². The van der Waals surface area contributed by atoms with Gasteiger partial charge >= 0.3 is 0 Å². The zero-order valence-corrected chi connectivity index (χ0v) is 17.7. The Labute approximate surface area is 190 Å². The Morgan fingerprint density at radius 3 is 2.06 bits per heavy atom. The number of para-hydroxylation sites is 2. The number of furan rings is 1. The van der Waals surface area contributed by atoms with Crippen LogP contribution in [0.1, 0.15) is 0 Å². The van der Waals surface area contributed by atoms with Crippen molar-refractivity contribution >= 4 is 43.6 Å². The molecule has 0 radical (unpaired) electrons. The summed E-state index contributed by atoms with van der Waals surface area (Å²) < 4.78 is 6.00. The summed E-state index contributed by atoms with van der Waals surface area (Å²) in [5.74, 6) is 0. The van der Waals surface area contributed by atoms with Crippen molar-refractivity contribution in [3.63, 3.8) is 0 Å². The number of rotatable bonds is 2. The lowest BCUT2D eigenvalue weighted by Gasteiger charge is -2.10. The summed E-state index contributed by atoms with van der Waals surface area (Å²) in [4.78, 5) is 10.1. The summed E-state index contributed by atoms with van der Waals surface area (Å²) in [6.45, 7) is 0. The number of nitrogens with zero attached hydrogens (tertiary/aromatic N) is 2. The molecule has 3 heteroatoms. The zero-order chi connectivity index (χ0) is 21.8. The molecule has 0 spiro atoms. The second-order valence-corrected chi connectivity index (χ2v) is 8.24. The fourth-order valence-corrected chi connectivity index (χ4v) is 4.71. The van der Waals surface area contributed by atoms with E-state index in [2.05, 4.69) is 72.8 Å². The summed E-state index contributed by atoms with van der Waals surface area (Å²) in [5.41, 5.74) is 6.51. The molecule has 4 aromatic carbocycles. The molecular weight excluding hydrogens is 404 g/mol. The van der Waals surface area contributed by atoms with E-state index in [4.69, 9.17) is 14.4 Å². The van der Waals surface area contributed by atoms with Crippen LogP contribution in [-0.4, -0.2) is 9.97 Å². The summed E-state index contributed by atoms with van der Waals surface area (Å²) in [6.07, 6.45) is 0. The van der Waals surface area contributed by atoms with Gasteiger partial charge in [0.2, 0.25) is 0 Å². The van der Waals surface area contributed by atoms with Crippen LogP contribution in [0.15, 0.2) is 114 Å². The number of hydrogen-bond donors (Lipinski definition) is 0. The zero-order valence-electron chi connectivity index (χ0n) is 17.7. The van der Waals surface area contributed by atoms with E-state index in [0.717, 1.165) is 60.9 Å². The molecule has 0 aliphatic carbocycles. The molecule has 0 bridgehead atoms. The standard InChI is InChI=1S/C30H18N2O/c1-2-11-23-20(8-1)21-9-3-5-12-26(21)32-30(23)27-14-7-13-25(31-27)19-16-17-29-24(18-19)22-10-4-6-15-28(22)33-29/h1-18H. The SMILES string of the molecule is c1cc(-c2ccc3oc4ccccc4c3c2)nc(-c2nc3ccccc3c3ccccc23)c1. The summed E-state index contributed by atoms with van der Waals surface area (Å²) >= 11 is 0. The third kappa shape index (κ3) is 2.83. The monoisotopic (exact) mass is 422 g/mol. The van der Waals surface area contributed by atoms with E-state index in [1.54, 1.807) is 0 Å². The average Bonchev–Trinajstić information content (AvgIpc) is 3.26. The van der Waals surface area contributed by atoms with Gasteiger partial charge in [0.25, 0.3) is 0 Å². The Bertz CT molecular complexity index is 1830. The van der Waals surface area contributed by atoms with Crippen LogP contribution in [0, 0.1) is 0 Å².